The molecule has 0 unspecified atom stereocenters. The van der Waals surface area contributed by atoms with Gasteiger partial charge in [0.1, 0.15) is 0 Å². The van der Waals surface area contributed by atoms with E-state index >= 15 is 0 Å². The topological polar surface area (TPSA) is 80.9 Å². The largest absolute Gasteiger partial charge is 0.393 e. The minimum absolute atomic E-state index is 0.0511. The summed E-state index contributed by atoms with van der Waals surface area (Å²) in [6.07, 6.45) is 10.6. The molecular weight excluding hydrogens is 400 g/mol. The minimum Gasteiger partial charge on any atom is -0.393 e. The standard InChI is InChI=1S/C28H48O4/c1-17(2)28(32,16-29)13-8-18(3)21-6-7-22-25-23(10-12-27(21,22)5)26(4)11-9-20(30)14-19(26)15-24(25)31/h15,17-18,20-25,29-32H,6-14,16H2,1-5H3/t18-,20+,21-,22+,23+,24-,25+,26+,27-,28-/m1/s1. The maximum atomic E-state index is 11.3. The Morgan fingerprint density at radius 3 is 2.41 bits per heavy atom. The van der Waals surface area contributed by atoms with Gasteiger partial charge in [-0.2, -0.15) is 0 Å². The molecule has 184 valence electrons. The summed E-state index contributed by atoms with van der Waals surface area (Å²) < 4.78 is 0. The first kappa shape index (κ1) is 24.7. The second-order valence-electron chi connectivity index (χ2n) is 12.9. The zero-order valence-corrected chi connectivity index (χ0v) is 21.1. The van der Waals surface area contributed by atoms with Crippen LogP contribution in [0.5, 0.6) is 0 Å². The quantitative estimate of drug-likeness (QED) is 0.444. The van der Waals surface area contributed by atoms with E-state index < -0.39 is 5.60 Å². The van der Waals surface area contributed by atoms with Crippen molar-refractivity contribution in [2.75, 3.05) is 6.61 Å². The second-order valence-corrected chi connectivity index (χ2v) is 12.9. The summed E-state index contributed by atoms with van der Waals surface area (Å²) in [6.45, 7) is 11.1. The van der Waals surface area contributed by atoms with E-state index in [9.17, 15) is 20.4 Å². The normalized spacial score (nSPS) is 46.6. The molecule has 4 aliphatic carbocycles. The van der Waals surface area contributed by atoms with Gasteiger partial charge in [0.05, 0.1) is 24.4 Å². The summed E-state index contributed by atoms with van der Waals surface area (Å²) in [5.74, 6) is 2.58. The van der Waals surface area contributed by atoms with E-state index in [4.69, 9.17) is 0 Å². The van der Waals surface area contributed by atoms with Crippen molar-refractivity contribution in [2.45, 2.75) is 110 Å². The van der Waals surface area contributed by atoms with E-state index in [-0.39, 0.29) is 35.6 Å². The first-order chi connectivity index (χ1) is 15.0. The van der Waals surface area contributed by atoms with Crippen LogP contribution in [0.25, 0.3) is 0 Å². The van der Waals surface area contributed by atoms with Crippen LogP contribution < -0.4 is 0 Å². The minimum atomic E-state index is -0.980. The summed E-state index contributed by atoms with van der Waals surface area (Å²) >= 11 is 0. The molecule has 0 amide bonds. The van der Waals surface area contributed by atoms with Crippen molar-refractivity contribution in [2.24, 2.45) is 46.3 Å². The van der Waals surface area contributed by atoms with Crippen LogP contribution in [0.2, 0.25) is 0 Å². The van der Waals surface area contributed by atoms with E-state index in [0.29, 0.717) is 36.0 Å². The van der Waals surface area contributed by atoms with E-state index in [0.717, 1.165) is 25.7 Å². The lowest BCUT2D eigenvalue weighted by atomic mass is 9.46. The van der Waals surface area contributed by atoms with Gasteiger partial charge in [0.25, 0.3) is 0 Å². The second kappa shape index (κ2) is 8.66. The molecule has 0 aromatic rings. The molecule has 10 atom stereocenters. The predicted octanol–water partition coefficient (Wildman–Crippen LogP) is 4.69. The molecule has 0 aliphatic heterocycles. The van der Waals surface area contributed by atoms with E-state index in [1.54, 1.807) is 0 Å². The molecule has 4 heteroatoms. The Balaban J connectivity index is 1.52. The zero-order chi connectivity index (χ0) is 23.5. The van der Waals surface area contributed by atoms with Gasteiger partial charge < -0.3 is 20.4 Å². The highest BCUT2D eigenvalue weighted by Crippen LogP contribution is 2.67. The van der Waals surface area contributed by atoms with Gasteiger partial charge in [0, 0.05) is 0 Å². The highest BCUT2D eigenvalue weighted by Gasteiger charge is 2.61. The van der Waals surface area contributed by atoms with Crippen LogP contribution in [0.4, 0.5) is 0 Å². The Hall–Kier alpha value is -0.420. The molecular formula is C28H48O4. The van der Waals surface area contributed by atoms with E-state index in [1.165, 1.54) is 31.3 Å². The number of hydrogen-bond donors (Lipinski definition) is 4. The molecule has 4 aliphatic rings. The molecule has 32 heavy (non-hydrogen) atoms. The highest BCUT2D eigenvalue weighted by molar-refractivity contribution is 5.27. The van der Waals surface area contributed by atoms with Gasteiger partial charge >= 0.3 is 0 Å². The number of hydrogen-bond acceptors (Lipinski definition) is 4. The summed E-state index contributed by atoms with van der Waals surface area (Å²) in [6, 6.07) is 0. The molecule has 3 fully saturated rings. The molecule has 0 bridgehead atoms. The maximum Gasteiger partial charge on any atom is 0.0900 e. The average Bonchev–Trinajstić information content (AvgIpc) is 3.10. The van der Waals surface area contributed by atoms with Gasteiger partial charge in [0.15, 0.2) is 0 Å². The average molecular weight is 449 g/mol. The van der Waals surface area contributed by atoms with Crippen molar-refractivity contribution < 1.29 is 20.4 Å². The number of fused-ring (bicyclic) bond motifs is 5. The Morgan fingerprint density at radius 2 is 1.75 bits per heavy atom. The van der Waals surface area contributed by atoms with Crippen LogP contribution in [0.1, 0.15) is 92.4 Å². The van der Waals surface area contributed by atoms with Crippen LogP contribution in [0.15, 0.2) is 11.6 Å². The molecule has 0 aromatic carbocycles. The van der Waals surface area contributed by atoms with Crippen LogP contribution in [0, 0.1) is 46.3 Å². The van der Waals surface area contributed by atoms with Gasteiger partial charge in [-0.25, -0.2) is 0 Å². The lowest BCUT2D eigenvalue weighted by molar-refractivity contribution is -0.0995. The van der Waals surface area contributed by atoms with Gasteiger partial charge in [-0.05, 0) is 104 Å². The van der Waals surface area contributed by atoms with Crippen LogP contribution in [0.3, 0.4) is 0 Å². The fraction of sp³-hybridized carbons (Fsp3) is 0.929. The smallest absolute Gasteiger partial charge is 0.0900 e. The van der Waals surface area contributed by atoms with Crippen molar-refractivity contribution >= 4 is 0 Å². The van der Waals surface area contributed by atoms with Gasteiger partial charge in [-0.15, -0.1) is 0 Å². The summed E-state index contributed by atoms with van der Waals surface area (Å²) in [5, 5.41) is 42.1. The van der Waals surface area contributed by atoms with Gasteiger partial charge in [-0.3, -0.25) is 0 Å². The Labute approximate surface area is 195 Å². The molecule has 0 aromatic heterocycles. The first-order valence-electron chi connectivity index (χ1n) is 13.4. The zero-order valence-electron chi connectivity index (χ0n) is 21.1. The van der Waals surface area contributed by atoms with Crippen LogP contribution in [-0.2, 0) is 0 Å². The van der Waals surface area contributed by atoms with Crippen molar-refractivity contribution in [3.8, 4) is 0 Å². The summed E-state index contributed by atoms with van der Waals surface area (Å²) in [7, 11) is 0. The number of rotatable bonds is 6. The molecule has 4 rings (SSSR count). The molecule has 3 saturated carbocycles. The third-order valence-electron chi connectivity index (χ3n) is 11.2. The third kappa shape index (κ3) is 3.82. The lowest BCUT2D eigenvalue weighted by Gasteiger charge is -2.59. The molecule has 0 spiro atoms. The van der Waals surface area contributed by atoms with Gasteiger partial charge in [-0.1, -0.05) is 46.3 Å². The van der Waals surface area contributed by atoms with Crippen LogP contribution in [-0.4, -0.2) is 44.8 Å². The number of aliphatic hydroxyl groups excluding tert-OH is 3. The summed E-state index contributed by atoms with van der Waals surface area (Å²) in [4.78, 5) is 0. The summed E-state index contributed by atoms with van der Waals surface area (Å²) in [5.41, 5.74) is 0.718. The molecule has 0 heterocycles. The SMILES string of the molecule is CC(C)[C@](O)(CO)CC[C@@H](C)[C@H]1CC[C@H]2[C@@H]3[C@H](O)C=C4C[C@@H](O)CC[C@]4(C)[C@H]3CC[C@]12C. The number of aliphatic hydroxyl groups is 4. The molecule has 0 radical (unpaired) electrons. The predicted molar refractivity (Wildman–Crippen MR) is 128 cm³/mol. The van der Waals surface area contributed by atoms with Crippen LogP contribution >= 0.6 is 0 Å². The molecule has 4 N–H and O–H groups in total. The monoisotopic (exact) mass is 448 g/mol. The Kier molecular flexibility index (Phi) is 6.68. The van der Waals surface area contributed by atoms with E-state index in [2.05, 4.69) is 26.8 Å². The molecule has 4 nitrogen and oxygen atoms in total. The highest BCUT2D eigenvalue weighted by atomic mass is 16.3. The fourth-order valence-electron chi connectivity index (χ4n) is 8.83. The first-order valence-corrected chi connectivity index (χ1v) is 13.4. The maximum absolute atomic E-state index is 11.3. The third-order valence-corrected chi connectivity index (χ3v) is 11.2. The lowest BCUT2D eigenvalue weighted by Crippen LogP contribution is -2.55. The van der Waals surface area contributed by atoms with Crippen molar-refractivity contribution in [3.05, 3.63) is 11.6 Å². The molecule has 0 saturated heterocycles. The Morgan fingerprint density at radius 1 is 1.03 bits per heavy atom. The Bertz CT molecular complexity index is 718. The van der Waals surface area contributed by atoms with E-state index in [1.807, 2.05) is 13.8 Å². The van der Waals surface area contributed by atoms with Crippen molar-refractivity contribution in [1.82, 2.24) is 0 Å². The van der Waals surface area contributed by atoms with Crippen molar-refractivity contribution in [1.29, 1.82) is 0 Å². The fourth-order valence-corrected chi connectivity index (χ4v) is 8.83. The van der Waals surface area contributed by atoms with Gasteiger partial charge in [0.2, 0.25) is 0 Å². The van der Waals surface area contributed by atoms with Crippen molar-refractivity contribution in [3.63, 3.8) is 0 Å².